The number of hydrogen-bond donors (Lipinski definition) is 0. The fraction of sp³-hybridized carbons (Fsp3) is 0.125. The minimum atomic E-state index is -0.190. The van der Waals surface area contributed by atoms with Crippen LogP contribution in [-0.4, -0.2) is 26.4 Å². The van der Waals surface area contributed by atoms with E-state index in [1.807, 2.05) is 76.9 Å². The quantitative estimate of drug-likeness (QED) is 0.457. The van der Waals surface area contributed by atoms with Crippen molar-refractivity contribution in [3.8, 4) is 16.9 Å². The van der Waals surface area contributed by atoms with Crippen LogP contribution in [0.5, 0.6) is 0 Å². The zero-order valence-electron chi connectivity index (χ0n) is 16.5. The number of rotatable bonds is 4. The Kier molecular flexibility index (Phi) is 4.77. The highest BCUT2D eigenvalue weighted by Crippen LogP contribution is 2.38. The minimum absolute atomic E-state index is 0.0744. The van der Waals surface area contributed by atoms with Gasteiger partial charge in [0, 0.05) is 36.0 Å². The van der Waals surface area contributed by atoms with Crippen LogP contribution in [0.25, 0.3) is 16.9 Å². The van der Waals surface area contributed by atoms with Gasteiger partial charge in [0.2, 0.25) is 5.91 Å². The number of nitrogens with zero attached hydrogens (tertiary/aromatic N) is 4. The zero-order chi connectivity index (χ0) is 20.5. The van der Waals surface area contributed by atoms with Gasteiger partial charge in [-0.25, -0.2) is 9.69 Å². The van der Waals surface area contributed by atoms with Crippen LogP contribution in [-0.2, 0) is 4.79 Å². The van der Waals surface area contributed by atoms with Crippen molar-refractivity contribution in [2.75, 3.05) is 0 Å². The Morgan fingerprint density at radius 1 is 1.00 bits per heavy atom. The van der Waals surface area contributed by atoms with Gasteiger partial charge in [0.15, 0.2) is 0 Å². The van der Waals surface area contributed by atoms with E-state index in [4.69, 9.17) is 5.10 Å². The van der Waals surface area contributed by atoms with Crippen molar-refractivity contribution >= 4 is 23.0 Å². The van der Waals surface area contributed by atoms with Gasteiger partial charge in [0.25, 0.3) is 0 Å². The molecule has 0 unspecified atom stereocenters. The molecule has 1 atom stereocenters. The summed E-state index contributed by atoms with van der Waals surface area (Å²) in [7, 11) is 0. The number of para-hydroxylation sites is 1. The van der Waals surface area contributed by atoms with Gasteiger partial charge < -0.3 is 0 Å². The molecule has 0 saturated carbocycles. The minimum Gasteiger partial charge on any atom is -0.273 e. The maximum atomic E-state index is 12.5. The van der Waals surface area contributed by atoms with Gasteiger partial charge in [-0.15, -0.1) is 0 Å². The summed E-state index contributed by atoms with van der Waals surface area (Å²) < 4.78 is 1.89. The lowest BCUT2D eigenvalue weighted by atomic mass is 9.97. The highest BCUT2D eigenvalue weighted by Gasteiger charge is 2.34. The molecule has 1 aliphatic rings. The maximum Gasteiger partial charge on any atom is 0.240 e. The molecule has 5 rings (SSSR count). The molecular weight excluding hydrogens is 392 g/mol. The predicted molar refractivity (Wildman–Crippen MR) is 120 cm³/mol. The molecule has 4 aromatic rings. The van der Waals surface area contributed by atoms with Gasteiger partial charge in [0.1, 0.15) is 0 Å². The largest absolute Gasteiger partial charge is 0.273 e. The summed E-state index contributed by atoms with van der Waals surface area (Å²) in [5, 5.41) is 15.3. The third-order valence-corrected chi connectivity index (χ3v) is 5.94. The standard InChI is InChI=1S/C24H20N4OS/c1-17(29)28-23(14-22(25-28)18-8-4-2-5-9-18)21-15-27(20-10-6-3-7-11-20)26-24(21)19-12-13-30-16-19/h2-13,15-16,23H,14H2,1H3/t23-/m1/s1. The lowest BCUT2D eigenvalue weighted by Crippen LogP contribution is -2.24. The molecule has 1 amide bonds. The Morgan fingerprint density at radius 3 is 2.40 bits per heavy atom. The average molecular weight is 413 g/mol. The average Bonchev–Trinajstić information content (AvgIpc) is 3.53. The number of benzene rings is 2. The van der Waals surface area contributed by atoms with Gasteiger partial charge in [-0.3, -0.25) is 4.79 Å². The maximum absolute atomic E-state index is 12.5. The van der Waals surface area contributed by atoms with Gasteiger partial charge in [-0.1, -0.05) is 48.5 Å². The van der Waals surface area contributed by atoms with E-state index < -0.39 is 0 Å². The van der Waals surface area contributed by atoms with Crippen LogP contribution in [0.1, 0.15) is 30.5 Å². The van der Waals surface area contributed by atoms with Crippen molar-refractivity contribution in [3.05, 3.63) is 94.8 Å². The molecule has 0 fully saturated rings. The molecule has 0 saturated heterocycles. The molecule has 2 aromatic carbocycles. The second kappa shape index (κ2) is 7.72. The second-order valence-corrected chi connectivity index (χ2v) is 8.00. The molecule has 0 aliphatic carbocycles. The summed E-state index contributed by atoms with van der Waals surface area (Å²) in [5.74, 6) is -0.0744. The molecule has 0 N–H and O–H groups in total. The van der Waals surface area contributed by atoms with Crippen LogP contribution < -0.4 is 0 Å². The van der Waals surface area contributed by atoms with Crippen molar-refractivity contribution in [3.63, 3.8) is 0 Å². The van der Waals surface area contributed by atoms with Gasteiger partial charge in [0.05, 0.1) is 23.1 Å². The fourth-order valence-electron chi connectivity index (χ4n) is 3.82. The zero-order valence-corrected chi connectivity index (χ0v) is 17.3. The number of amides is 1. The van der Waals surface area contributed by atoms with E-state index in [1.165, 1.54) is 0 Å². The van der Waals surface area contributed by atoms with Crippen LogP contribution >= 0.6 is 11.3 Å². The lowest BCUT2D eigenvalue weighted by molar-refractivity contribution is -0.130. The van der Waals surface area contributed by atoms with Crippen LogP contribution in [0.15, 0.2) is 88.8 Å². The Labute approximate surface area is 178 Å². The van der Waals surface area contributed by atoms with Crippen LogP contribution in [0.3, 0.4) is 0 Å². The summed E-state index contributed by atoms with van der Waals surface area (Å²) >= 11 is 1.64. The van der Waals surface area contributed by atoms with E-state index in [-0.39, 0.29) is 11.9 Å². The Balaban J connectivity index is 1.60. The molecule has 2 aromatic heterocycles. The number of hydrazone groups is 1. The number of carbonyl (C=O) groups is 1. The summed E-state index contributed by atoms with van der Waals surface area (Å²) in [5.41, 5.74) is 5.89. The van der Waals surface area contributed by atoms with Crippen molar-refractivity contribution in [1.82, 2.24) is 14.8 Å². The topological polar surface area (TPSA) is 50.5 Å². The van der Waals surface area contributed by atoms with Crippen LogP contribution in [0.2, 0.25) is 0 Å². The van der Waals surface area contributed by atoms with Crippen molar-refractivity contribution in [2.45, 2.75) is 19.4 Å². The van der Waals surface area contributed by atoms with Crippen molar-refractivity contribution < 1.29 is 4.79 Å². The molecular formula is C24H20N4OS. The first-order valence-corrected chi connectivity index (χ1v) is 10.8. The normalized spacial score (nSPS) is 16.0. The van der Waals surface area contributed by atoms with E-state index in [2.05, 4.69) is 16.5 Å². The number of aromatic nitrogens is 2. The van der Waals surface area contributed by atoms with E-state index in [1.54, 1.807) is 23.3 Å². The van der Waals surface area contributed by atoms with Gasteiger partial charge in [-0.05, 0) is 29.1 Å². The first-order valence-electron chi connectivity index (χ1n) is 9.81. The number of carbonyl (C=O) groups excluding carboxylic acids is 1. The highest BCUT2D eigenvalue weighted by molar-refractivity contribution is 7.08. The molecule has 3 heterocycles. The molecule has 30 heavy (non-hydrogen) atoms. The number of hydrogen-bond acceptors (Lipinski definition) is 4. The van der Waals surface area contributed by atoms with Crippen molar-refractivity contribution in [2.24, 2.45) is 5.10 Å². The van der Waals surface area contributed by atoms with Gasteiger partial charge in [-0.2, -0.15) is 21.5 Å². The molecule has 1 aliphatic heterocycles. The molecule has 6 heteroatoms. The van der Waals surface area contributed by atoms with Crippen molar-refractivity contribution in [1.29, 1.82) is 0 Å². The molecule has 0 bridgehead atoms. The summed E-state index contributed by atoms with van der Waals surface area (Å²) in [6.45, 7) is 1.57. The van der Waals surface area contributed by atoms with Crippen LogP contribution in [0.4, 0.5) is 0 Å². The smallest absolute Gasteiger partial charge is 0.240 e. The van der Waals surface area contributed by atoms with E-state index >= 15 is 0 Å². The SMILES string of the molecule is CC(=O)N1N=C(c2ccccc2)C[C@@H]1c1cn(-c2ccccc2)nc1-c1ccsc1. The van der Waals surface area contributed by atoms with Gasteiger partial charge >= 0.3 is 0 Å². The number of thiophene rings is 1. The van der Waals surface area contributed by atoms with E-state index in [0.29, 0.717) is 6.42 Å². The first-order chi connectivity index (χ1) is 14.7. The molecule has 0 radical (unpaired) electrons. The van der Waals surface area contributed by atoms with E-state index in [0.717, 1.165) is 33.8 Å². The second-order valence-electron chi connectivity index (χ2n) is 7.22. The molecule has 5 nitrogen and oxygen atoms in total. The molecule has 148 valence electrons. The molecule has 0 spiro atoms. The Bertz CT molecular complexity index is 1200. The lowest BCUT2D eigenvalue weighted by Gasteiger charge is -2.20. The Morgan fingerprint density at radius 2 is 1.73 bits per heavy atom. The van der Waals surface area contributed by atoms with Crippen LogP contribution in [0, 0.1) is 0 Å². The van der Waals surface area contributed by atoms with E-state index in [9.17, 15) is 4.79 Å². The fourth-order valence-corrected chi connectivity index (χ4v) is 4.46. The monoisotopic (exact) mass is 412 g/mol. The third-order valence-electron chi connectivity index (χ3n) is 5.26. The third kappa shape index (κ3) is 3.35. The Hall–Kier alpha value is -3.51. The summed E-state index contributed by atoms with van der Waals surface area (Å²) in [6, 6.07) is 21.9. The summed E-state index contributed by atoms with van der Waals surface area (Å²) in [6.07, 6.45) is 2.69. The first kappa shape index (κ1) is 18.5. The predicted octanol–water partition coefficient (Wildman–Crippen LogP) is 5.30. The summed E-state index contributed by atoms with van der Waals surface area (Å²) in [4.78, 5) is 12.5. The highest BCUT2D eigenvalue weighted by atomic mass is 32.1.